The number of nitrogens with zero attached hydrogens (tertiary/aromatic N) is 1. The molecule has 20 heavy (non-hydrogen) atoms. The number of hydrogen-bond donors (Lipinski definition) is 1. The van der Waals surface area contributed by atoms with Gasteiger partial charge in [-0.15, -0.1) is 0 Å². The summed E-state index contributed by atoms with van der Waals surface area (Å²) in [6.07, 6.45) is 0.806. The molecule has 0 amide bonds. The van der Waals surface area contributed by atoms with Gasteiger partial charge in [-0.3, -0.25) is 0 Å². The highest BCUT2D eigenvalue weighted by Crippen LogP contribution is 2.30. The van der Waals surface area contributed by atoms with Crippen LogP contribution in [0.3, 0.4) is 0 Å². The van der Waals surface area contributed by atoms with Gasteiger partial charge in [0.2, 0.25) is 0 Å². The largest absolute Gasteiger partial charge is 0.477 e. The van der Waals surface area contributed by atoms with E-state index in [1.165, 1.54) is 6.07 Å². The molecule has 1 aromatic heterocycles. The zero-order chi connectivity index (χ0) is 14.9. The summed E-state index contributed by atoms with van der Waals surface area (Å²) in [5, 5.41) is 9.22. The van der Waals surface area contributed by atoms with Crippen LogP contribution in [0.15, 0.2) is 28.7 Å². The van der Waals surface area contributed by atoms with E-state index in [0.29, 0.717) is 16.6 Å². The maximum atomic E-state index is 13.8. The Balaban J connectivity index is 2.63. The topological polar surface area (TPSA) is 42.2 Å². The number of benzene rings is 1. The van der Waals surface area contributed by atoms with Crippen molar-refractivity contribution >= 4 is 21.9 Å². The lowest BCUT2D eigenvalue weighted by molar-refractivity contribution is 0.0685. The van der Waals surface area contributed by atoms with E-state index in [2.05, 4.69) is 15.9 Å². The van der Waals surface area contributed by atoms with Crippen molar-refractivity contribution in [3.63, 3.8) is 0 Å². The Hall–Kier alpha value is -1.62. The quantitative estimate of drug-likeness (QED) is 0.892. The predicted octanol–water partition coefficient (Wildman–Crippen LogP) is 4.47. The van der Waals surface area contributed by atoms with E-state index in [4.69, 9.17) is 0 Å². The second-order valence-electron chi connectivity index (χ2n) is 4.64. The molecule has 0 spiro atoms. The van der Waals surface area contributed by atoms with Crippen LogP contribution >= 0.6 is 15.9 Å². The molecule has 106 valence electrons. The third-order valence-corrected chi connectivity index (χ3v) is 3.80. The number of aromatic nitrogens is 1. The van der Waals surface area contributed by atoms with Gasteiger partial charge in [-0.05, 0) is 59.1 Å². The third kappa shape index (κ3) is 2.63. The standard InChI is InChI=1S/C15H15BrFNO2/c1-3-6-18-13(4-5-14(18)15(19)20)10-8-12(17)11(16)7-9(10)2/h4-5,7-8H,3,6H2,1-2H3,(H,19,20). The van der Waals surface area contributed by atoms with Gasteiger partial charge in [-0.2, -0.15) is 0 Å². The van der Waals surface area contributed by atoms with Gasteiger partial charge in [0.25, 0.3) is 0 Å². The molecule has 0 bridgehead atoms. The summed E-state index contributed by atoms with van der Waals surface area (Å²) in [6.45, 7) is 4.44. The van der Waals surface area contributed by atoms with Gasteiger partial charge in [-0.25, -0.2) is 9.18 Å². The average molecular weight is 340 g/mol. The van der Waals surface area contributed by atoms with Crippen LogP contribution < -0.4 is 0 Å². The molecule has 1 aromatic carbocycles. The smallest absolute Gasteiger partial charge is 0.352 e. The summed E-state index contributed by atoms with van der Waals surface area (Å²) in [4.78, 5) is 11.2. The Morgan fingerprint density at radius 3 is 2.70 bits per heavy atom. The Bertz CT molecular complexity index is 664. The number of carboxylic acid groups (broad SMARTS) is 1. The van der Waals surface area contributed by atoms with Crippen LogP contribution in [-0.2, 0) is 6.54 Å². The van der Waals surface area contributed by atoms with Crippen molar-refractivity contribution in [2.45, 2.75) is 26.8 Å². The van der Waals surface area contributed by atoms with Crippen LogP contribution in [0.1, 0.15) is 29.4 Å². The molecule has 0 aliphatic rings. The number of carbonyl (C=O) groups is 1. The lowest BCUT2D eigenvalue weighted by atomic mass is 10.1. The highest BCUT2D eigenvalue weighted by atomic mass is 79.9. The summed E-state index contributed by atoms with van der Waals surface area (Å²) >= 11 is 3.15. The molecule has 5 heteroatoms. The number of aromatic carboxylic acids is 1. The van der Waals surface area contributed by atoms with Crippen molar-refractivity contribution in [2.75, 3.05) is 0 Å². The molecule has 0 fully saturated rings. The number of aryl methyl sites for hydroxylation is 1. The molecule has 1 heterocycles. The van der Waals surface area contributed by atoms with Crippen molar-refractivity contribution in [2.24, 2.45) is 0 Å². The molecule has 0 aliphatic heterocycles. The summed E-state index contributed by atoms with van der Waals surface area (Å²) < 4.78 is 15.9. The van der Waals surface area contributed by atoms with Gasteiger partial charge in [0.1, 0.15) is 11.5 Å². The molecule has 1 N–H and O–H groups in total. The fourth-order valence-electron chi connectivity index (χ4n) is 2.28. The van der Waals surface area contributed by atoms with E-state index in [0.717, 1.165) is 17.7 Å². The first kappa shape index (κ1) is 14.8. The molecule has 0 aliphatic carbocycles. The Morgan fingerprint density at radius 1 is 1.40 bits per heavy atom. The lowest BCUT2D eigenvalue weighted by Crippen LogP contribution is -2.09. The third-order valence-electron chi connectivity index (χ3n) is 3.19. The number of hydrogen-bond acceptors (Lipinski definition) is 1. The van der Waals surface area contributed by atoms with Crippen LogP contribution in [0.4, 0.5) is 4.39 Å². The monoisotopic (exact) mass is 339 g/mol. The van der Waals surface area contributed by atoms with Gasteiger partial charge in [0.15, 0.2) is 0 Å². The maximum Gasteiger partial charge on any atom is 0.352 e. The maximum absolute atomic E-state index is 13.8. The molecular formula is C15H15BrFNO2. The summed E-state index contributed by atoms with van der Waals surface area (Å²) in [6, 6.07) is 6.43. The molecule has 0 saturated carbocycles. The predicted molar refractivity (Wildman–Crippen MR) is 79.5 cm³/mol. The zero-order valence-electron chi connectivity index (χ0n) is 11.3. The summed E-state index contributed by atoms with van der Waals surface area (Å²) in [5.41, 5.74) is 2.56. The molecule has 3 nitrogen and oxygen atoms in total. The van der Waals surface area contributed by atoms with Crippen molar-refractivity contribution in [1.29, 1.82) is 0 Å². The number of halogens is 2. The van der Waals surface area contributed by atoms with Gasteiger partial charge in [0, 0.05) is 17.8 Å². The first-order valence-electron chi connectivity index (χ1n) is 6.34. The lowest BCUT2D eigenvalue weighted by Gasteiger charge is -2.13. The van der Waals surface area contributed by atoms with Gasteiger partial charge >= 0.3 is 5.97 Å². The van der Waals surface area contributed by atoms with Gasteiger partial charge in [0.05, 0.1) is 4.47 Å². The Morgan fingerprint density at radius 2 is 2.10 bits per heavy atom. The minimum atomic E-state index is -0.972. The SMILES string of the molecule is CCCn1c(C(=O)O)ccc1-c1cc(F)c(Br)cc1C. The fourth-order valence-corrected chi connectivity index (χ4v) is 2.73. The van der Waals surface area contributed by atoms with E-state index in [1.54, 1.807) is 22.8 Å². The van der Waals surface area contributed by atoms with Crippen LogP contribution in [0.2, 0.25) is 0 Å². The summed E-state index contributed by atoms with van der Waals surface area (Å²) in [5.74, 6) is -1.33. The minimum Gasteiger partial charge on any atom is -0.477 e. The molecule has 0 atom stereocenters. The molecular weight excluding hydrogens is 325 g/mol. The normalized spacial score (nSPS) is 10.8. The minimum absolute atomic E-state index is 0.226. The zero-order valence-corrected chi connectivity index (χ0v) is 12.9. The number of rotatable bonds is 4. The number of carboxylic acids is 1. The molecule has 0 unspecified atom stereocenters. The molecule has 0 saturated heterocycles. The second-order valence-corrected chi connectivity index (χ2v) is 5.50. The van der Waals surface area contributed by atoms with E-state index in [9.17, 15) is 14.3 Å². The van der Waals surface area contributed by atoms with E-state index in [1.807, 2.05) is 13.8 Å². The molecule has 2 aromatic rings. The van der Waals surface area contributed by atoms with Crippen molar-refractivity contribution in [3.8, 4) is 11.3 Å². The summed E-state index contributed by atoms with van der Waals surface area (Å²) in [7, 11) is 0. The van der Waals surface area contributed by atoms with Crippen LogP contribution in [0.25, 0.3) is 11.3 Å². The van der Waals surface area contributed by atoms with Crippen LogP contribution in [0, 0.1) is 12.7 Å². The Labute approximate surface area is 125 Å². The van der Waals surface area contributed by atoms with E-state index in [-0.39, 0.29) is 11.5 Å². The van der Waals surface area contributed by atoms with E-state index >= 15 is 0 Å². The van der Waals surface area contributed by atoms with Crippen LogP contribution in [-0.4, -0.2) is 15.6 Å². The van der Waals surface area contributed by atoms with E-state index < -0.39 is 5.97 Å². The van der Waals surface area contributed by atoms with Crippen molar-refractivity contribution < 1.29 is 14.3 Å². The first-order valence-corrected chi connectivity index (χ1v) is 7.13. The highest BCUT2D eigenvalue weighted by Gasteiger charge is 2.17. The van der Waals surface area contributed by atoms with Gasteiger partial charge < -0.3 is 9.67 Å². The Kier molecular flexibility index (Phi) is 4.28. The van der Waals surface area contributed by atoms with Crippen molar-refractivity contribution in [3.05, 3.63) is 45.8 Å². The molecule has 0 radical (unpaired) electrons. The second kappa shape index (κ2) is 5.79. The highest BCUT2D eigenvalue weighted by molar-refractivity contribution is 9.10. The first-order chi connectivity index (χ1) is 9.45. The van der Waals surface area contributed by atoms with Gasteiger partial charge in [-0.1, -0.05) is 6.92 Å². The molecule has 2 rings (SSSR count). The van der Waals surface area contributed by atoms with Crippen LogP contribution in [0.5, 0.6) is 0 Å². The van der Waals surface area contributed by atoms with Crippen molar-refractivity contribution in [1.82, 2.24) is 4.57 Å². The average Bonchev–Trinajstić information content (AvgIpc) is 2.78. The fraction of sp³-hybridized carbons (Fsp3) is 0.267.